The maximum atomic E-state index is 14.2. The van der Waals surface area contributed by atoms with Gasteiger partial charge in [0.1, 0.15) is 0 Å². The van der Waals surface area contributed by atoms with Crippen molar-refractivity contribution in [1.82, 2.24) is 0 Å². The molecule has 5 heteroatoms. The van der Waals surface area contributed by atoms with Crippen LogP contribution in [0.5, 0.6) is 5.75 Å². The number of fused-ring (bicyclic) bond motifs is 1. The SMILES string of the molecule is COc1cccc(C(N)c2cc3sccc3s2)c1F. The molecule has 2 aromatic heterocycles. The number of halogens is 1. The van der Waals surface area contributed by atoms with Gasteiger partial charge in [-0.2, -0.15) is 0 Å². The van der Waals surface area contributed by atoms with Gasteiger partial charge >= 0.3 is 0 Å². The van der Waals surface area contributed by atoms with Gasteiger partial charge in [-0.15, -0.1) is 22.7 Å². The molecule has 2 N–H and O–H groups in total. The van der Waals surface area contributed by atoms with Gasteiger partial charge in [0.15, 0.2) is 11.6 Å². The highest BCUT2D eigenvalue weighted by Crippen LogP contribution is 2.36. The predicted octanol–water partition coefficient (Wildman–Crippen LogP) is 4.16. The van der Waals surface area contributed by atoms with Crippen LogP contribution in [0.2, 0.25) is 0 Å². The Morgan fingerprint density at radius 3 is 2.84 bits per heavy atom. The molecule has 0 saturated heterocycles. The molecule has 0 amide bonds. The number of rotatable bonds is 3. The van der Waals surface area contributed by atoms with Crippen LogP contribution in [0, 0.1) is 5.82 Å². The first-order chi connectivity index (χ1) is 9.20. The summed E-state index contributed by atoms with van der Waals surface area (Å²) in [6.07, 6.45) is 0. The van der Waals surface area contributed by atoms with Gasteiger partial charge in [-0.25, -0.2) is 4.39 Å². The van der Waals surface area contributed by atoms with Crippen LogP contribution < -0.4 is 10.5 Å². The molecule has 0 spiro atoms. The zero-order chi connectivity index (χ0) is 13.4. The fourth-order valence-corrected chi connectivity index (χ4v) is 4.16. The molecule has 3 rings (SSSR count). The van der Waals surface area contributed by atoms with E-state index in [4.69, 9.17) is 10.5 Å². The van der Waals surface area contributed by atoms with Crippen molar-refractivity contribution in [3.63, 3.8) is 0 Å². The minimum atomic E-state index is -0.459. The van der Waals surface area contributed by atoms with Crippen molar-refractivity contribution in [1.29, 1.82) is 0 Å². The van der Waals surface area contributed by atoms with Gasteiger partial charge in [-0.1, -0.05) is 12.1 Å². The molecular weight excluding hydrogens is 281 g/mol. The Morgan fingerprint density at radius 2 is 2.11 bits per heavy atom. The van der Waals surface area contributed by atoms with Gasteiger partial charge < -0.3 is 10.5 Å². The summed E-state index contributed by atoms with van der Waals surface area (Å²) in [7, 11) is 1.45. The third-order valence-electron chi connectivity index (χ3n) is 3.01. The summed E-state index contributed by atoms with van der Waals surface area (Å²) < 4.78 is 21.6. The van der Waals surface area contributed by atoms with Crippen molar-refractivity contribution in [2.75, 3.05) is 7.11 Å². The van der Waals surface area contributed by atoms with Gasteiger partial charge in [-0.05, 0) is 23.6 Å². The average molecular weight is 293 g/mol. The van der Waals surface area contributed by atoms with Gasteiger partial charge in [0.05, 0.1) is 13.2 Å². The summed E-state index contributed by atoms with van der Waals surface area (Å²) in [5.41, 5.74) is 6.65. The third-order valence-corrected chi connectivity index (χ3v) is 5.19. The van der Waals surface area contributed by atoms with Crippen LogP contribution in [0.25, 0.3) is 9.40 Å². The Kier molecular flexibility index (Phi) is 3.26. The lowest BCUT2D eigenvalue weighted by atomic mass is 10.1. The number of benzene rings is 1. The zero-order valence-electron chi connectivity index (χ0n) is 10.2. The highest BCUT2D eigenvalue weighted by Gasteiger charge is 2.18. The molecule has 2 heterocycles. The lowest BCUT2D eigenvalue weighted by molar-refractivity contribution is 0.383. The summed E-state index contributed by atoms with van der Waals surface area (Å²) in [4.78, 5) is 0.967. The van der Waals surface area contributed by atoms with Crippen molar-refractivity contribution in [3.8, 4) is 5.75 Å². The lowest BCUT2D eigenvalue weighted by Crippen LogP contribution is -2.12. The minimum absolute atomic E-state index is 0.228. The van der Waals surface area contributed by atoms with Crippen LogP contribution in [0.15, 0.2) is 35.7 Å². The summed E-state index contributed by atoms with van der Waals surface area (Å²) in [6.45, 7) is 0. The molecule has 1 aromatic carbocycles. The Labute approximate surface area is 118 Å². The highest BCUT2D eigenvalue weighted by atomic mass is 32.1. The van der Waals surface area contributed by atoms with Crippen molar-refractivity contribution >= 4 is 32.1 Å². The molecule has 0 fully saturated rings. The Hall–Kier alpha value is -1.43. The fourth-order valence-electron chi connectivity index (χ4n) is 2.02. The van der Waals surface area contributed by atoms with Gasteiger partial charge in [-0.3, -0.25) is 0 Å². The molecule has 19 heavy (non-hydrogen) atoms. The van der Waals surface area contributed by atoms with E-state index in [1.54, 1.807) is 40.9 Å². The molecule has 98 valence electrons. The number of hydrogen-bond donors (Lipinski definition) is 1. The van der Waals surface area contributed by atoms with E-state index in [0.717, 1.165) is 4.88 Å². The van der Waals surface area contributed by atoms with Crippen LogP contribution in [0.1, 0.15) is 16.5 Å². The topological polar surface area (TPSA) is 35.2 Å². The molecule has 0 aliphatic heterocycles. The van der Waals surface area contributed by atoms with Crippen LogP contribution in [0.4, 0.5) is 4.39 Å². The van der Waals surface area contributed by atoms with Crippen LogP contribution in [-0.4, -0.2) is 7.11 Å². The number of nitrogens with two attached hydrogens (primary N) is 1. The quantitative estimate of drug-likeness (QED) is 0.787. The van der Waals surface area contributed by atoms with E-state index in [0.29, 0.717) is 5.56 Å². The normalized spacial score (nSPS) is 12.8. The van der Waals surface area contributed by atoms with E-state index in [9.17, 15) is 4.39 Å². The first kappa shape index (κ1) is 12.6. The second-order valence-electron chi connectivity index (χ2n) is 4.14. The molecule has 0 aliphatic carbocycles. The Balaban J connectivity index is 2.04. The Bertz CT molecular complexity index is 691. The van der Waals surface area contributed by atoms with Gasteiger partial charge in [0.2, 0.25) is 0 Å². The molecule has 2 nitrogen and oxygen atoms in total. The first-order valence-electron chi connectivity index (χ1n) is 5.75. The predicted molar refractivity (Wildman–Crippen MR) is 78.7 cm³/mol. The Morgan fingerprint density at radius 1 is 1.26 bits per heavy atom. The van der Waals surface area contributed by atoms with Crippen LogP contribution in [0.3, 0.4) is 0 Å². The second kappa shape index (κ2) is 4.92. The van der Waals surface area contributed by atoms with Crippen molar-refractivity contribution in [3.05, 3.63) is 52.0 Å². The summed E-state index contributed by atoms with van der Waals surface area (Å²) in [5.74, 6) is -0.152. The number of ether oxygens (including phenoxy) is 1. The van der Waals surface area contributed by atoms with E-state index in [1.165, 1.54) is 16.5 Å². The van der Waals surface area contributed by atoms with E-state index in [2.05, 4.69) is 6.07 Å². The fraction of sp³-hybridized carbons (Fsp3) is 0.143. The van der Waals surface area contributed by atoms with Crippen molar-refractivity contribution in [2.45, 2.75) is 6.04 Å². The average Bonchev–Trinajstić information content (AvgIpc) is 2.99. The molecule has 0 radical (unpaired) electrons. The molecule has 1 atom stereocenters. The monoisotopic (exact) mass is 293 g/mol. The largest absolute Gasteiger partial charge is 0.494 e. The van der Waals surface area contributed by atoms with Crippen LogP contribution >= 0.6 is 22.7 Å². The maximum absolute atomic E-state index is 14.2. The lowest BCUT2D eigenvalue weighted by Gasteiger charge is -2.13. The number of hydrogen-bond acceptors (Lipinski definition) is 4. The van der Waals surface area contributed by atoms with Crippen LogP contribution in [-0.2, 0) is 0 Å². The van der Waals surface area contributed by atoms with Gasteiger partial charge in [0.25, 0.3) is 0 Å². The number of thiophene rings is 2. The summed E-state index contributed by atoms with van der Waals surface area (Å²) in [6, 6.07) is 8.69. The maximum Gasteiger partial charge on any atom is 0.170 e. The van der Waals surface area contributed by atoms with E-state index in [-0.39, 0.29) is 11.6 Å². The summed E-state index contributed by atoms with van der Waals surface area (Å²) in [5, 5.41) is 2.04. The smallest absolute Gasteiger partial charge is 0.170 e. The second-order valence-corrected chi connectivity index (χ2v) is 6.20. The standard InChI is InChI=1S/C14H12FNOS2/c1-17-9-4-2-3-8(13(9)15)14(16)12-7-11-10(19-12)5-6-18-11/h2-7,14H,16H2,1H3. The molecule has 1 unspecified atom stereocenters. The summed E-state index contributed by atoms with van der Waals surface area (Å²) >= 11 is 3.28. The van der Waals surface area contributed by atoms with Crippen molar-refractivity contribution < 1.29 is 9.13 Å². The van der Waals surface area contributed by atoms with Crippen molar-refractivity contribution in [2.24, 2.45) is 5.73 Å². The van der Waals surface area contributed by atoms with E-state index < -0.39 is 6.04 Å². The van der Waals surface area contributed by atoms with E-state index in [1.807, 2.05) is 11.4 Å². The highest BCUT2D eigenvalue weighted by molar-refractivity contribution is 7.27. The minimum Gasteiger partial charge on any atom is -0.494 e. The van der Waals surface area contributed by atoms with E-state index >= 15 is 0 Å². The molecular formula is C14H12FNOS2. The first-order valence-corrected chi connectivity index (χ1v) is 7.45. The molecule has 3 aromatic rings. The number of methoxy groups -OCH3 is 1. The van der Waals surface area contributed by atoms with Gasteiger partial charge in [0, 0.05) is 19.8 Å². The third kappa shape index (κ3) is 2.14. The zero-order valence-corrected chi connectivity index (χ0v) is 11.9. The molecule has 0 aliphatic rings. The molecule has 0 saturated carbocycles. The molecule has 0 bridgehead atoms.